The van der Waals surface area contributed by atoms with Crippen molar-refractivity contribution in [3.05, 3.63) is 64.9 Å². The Bertz CT molecular complexity index is 705. The highest BCUT2D eigenvalue weighted by Crippen LogP contribution is 2.37. The van der Waals surface area contributed by atoms with E-state index in [2.05, 4.69) is 42.3 Å². The molecule has 1 aliphatic heterocycles. The molecule has 146 valence electrons. The van der Waals surface area contributed by atoms with Gasteiger partial charge in [0, 0.05) is 24.4 Å². The van der Waals surface area contributed by atoms with Gasteiger partial charge in [-0.05, 0) is 81.7 Å². The fourth-order valence-electron chi connectivity index (χ4n) is 4.14. The van der Waals surface area contributed by atoms with Gasteiger partial charge in [0.15, 0.2) is 0 Å². The number of ether oxygens (including phenoxy) is 1. The Morgan fingerprint density at radius 3 is 2.78 bits per heavy atom. The largest absolute Gasteiger partial charge is 0.376 e. The Morgan fingerprint density at radius 2 is 2.04 bits per heavy atom. The van der Waals surface area contributed by atoms with Gasteiger partial charge < -0.3 is 10.1 Å². The van der Waals surface area contributed by atoms with Gasteiger partial charge in [0.05, 0.1) is 11.3 Å². The minimum Gasteiger partial charge on any atom is -0.376 e. The molecule has 0 radical (unpaired) electrons. The minimum absolute atomic E-state index is 0.0248. The predicted octanol–water partition coefficient (Wildman–Crippen LogP) is 5.28. The van der Waals surface area contributed by atoms with Gasteiger partial charge in [0.1, 0.15) is 0 Å². The first-order valence-corrected chi connectivity index (χ1v) is 10.4. The van der Waals surface area contributed by atoms with Gasteiger partial charge in [-0.1, -0.05) is 35.9 Å². The van der Waals surface area contributed by atoms with Crippen molar-refractivity contribution in [1.29, 1.82) is 0 Å². The summed E-state index contributed by atoms with van der Waals surface area (Å²) in [5.74, 6) is 1.27. The van der Waals surface area contributed by atoms with Crippen molar-refractivity contribution in [1.82, 2.24) is 10.3 Å². The summed E-state index contributed by atoms with van der Waals surface area (Å²) in [4.78, 5) is 4.39. The first-order chi connectivity index (χ1) is 13.0. The van der Waals surface area contributed by atoms with Crippen molar-refractivity contribution in [3.63, 3.8) is 0 Å². The number of nitrogens with one attached hydrogen (secondary N) is 1. The molecule has 0 unspecified atom stereocenters. The summed E-state index contributed by atoms with van der Waals surface area (Å²) < 4.78 is 5.95. The first-order valence-electron chi connectivity index (χ1n) is 10.0. The summed E-state index contributed by atoms with van der Waals surface area (Å²) in [5, 5.41) is 4.45. The number of hydrogen-bond donors (Lipinski definition) is 1. The van der Waals surface area contributed by atoms with Gasteiger partial charge in [-0.3, -0.25) is 4.98 Å². The topological polar surface area (TPSA) is 34.2 Å². The molecule has 2 heterocycles. The van der Waals surface area contributed by atoms with Crippen LogP contribution in [0, 0.1) is 11.8 Å². The van der Waals surface area contributed by atoms with Crippen LogP contribution in [0.25, 0.3) is 0 Å². The SMILES string of the molecule is CC1(C)C[C@@H]([C@@H](CCNCc2ccccn2)Cc2ccccc2Cl)CCO1. The fraction of sp³-hybridized carbons (Fsp3) is 0.522. The molecule has 2 aromatic rings. The molecular weight excluding hydrogens is 356 g/mol. The highest BCUT2D eigenvalue weighted by atomic mass is 35.5. The van der Waals surface area contributed by atoms with E-state index in [4.69, 9.17) is 16.3 Å². The van der Waals surface area contributed by atoms with Crippen LogP contribution >= 0.6 is 11.6 Å². The van der Waals surface area contributed by atoms with Crippen LogP contribution in [0.5, 0.6) is 0 Å². The third-order valence-electron chi connectivity index (χ3n) is 5.57. The molecule has 1 aromatic carbocycles. The number of benzene rings is 1. The molecule has 0 spiro atoms. The van der Waals surface area contributed by atoms with E-state index in [1.807, 2.05) is 30.5 Å². The number of nitrogens with zero attached hydrogens (tertiary/aromatic N) is 1. The minimum atomic E-state index is -0.0248. The summed E-state index contributed by atoms with van der Waals surface area (Å²) in [6, 6.07) is 14.3. The second kappa shape index (κ2) is 9.68. The summed E-state index contributed by atoms with van der Waals surface area (Å²) in [6.07, 6.45) is 6.27. The van der Waals surface area contributed by atoms with Crippen molar-refractivity contribution in [2.24, 2.45) is 11.8 Å². The third kappa shape index (κ3) is 6.31. The van der Waals surface area contributed by atoms with E-state index in [0.717, 1.165) is 56.1 Å². The van der Waals surface area contributed by atoms with Gasteiger partial charge in [-0.2, -0.15) is 0 Å². The summed E-state index contributed by atoms with van der Waals surface area (Å²) in [5.41, 5.74) is 2.33. The van der Waals surface area contributed by atoms with Crippen molar-refractivity contribution in [2.45, 2.75) is 51.7 Å². The molecule has 1 N–H and O–H groups in total. The summed E-state index contributed by atoms with van der Waals surface area (Å²) >= 11 is 6.46. The molecule has 0 saturated carbocycles. The van der Waals surface area contributed by atoms with E-state index < -0.39 is 0 Å². The van der Waals surface area contributed by atoms with E-state index in [9.17, 15) is 0 Å². The molecule has 1 saturated heterocycles. The van der Waals surface area contributed by atoms with Crippen molar-refractivity contribution >= 4 is 11.6 Å². The maximum absolute atomic E-state index is 6.46. The molecule has 27 heavy (non-hydrogen) atoms. The Kier molecular flexibility index (Phi) is 7.28. The second-order valence-electron chi connectivity index (χ2n) is 8.20. The monoisotopic (exact) mass is 386 g/mol. The lowest BCUT2D eigenvalue weighted by Crippen LogP contribution is -2.38. The van der Waals surface area contributed by atoms with E-state index >= 15 is 0 Å². The maximum Gasteiger partial charge on any atom is 0.0629 e. The van der Waals surface area contributed by atoms with Gasteiger partial charge in [0.25, 0.3) is 0 Å². The molecule has 4 heteroatoms. The van der Waals surface area contributed by atoms with E-state index in [1.165, 1.54) is 5.56 Å². The molecule has 3 rings (SSSR count). The molecule has 3 nitrogen and oxygen atoms in total. The molecule has 1 aliphatic rings. The van der Waals surface area contributed by atoms with Crippen LogP contribution in [0.1, 0.15) is 44.4 Å². The van der Waals surface area contributed by atoms with Crippen LogP contribution in [0.3, 0.4) is 0 Å². The van der Waals surface area contributed by atoms with Gasteiger partial charge in [-0.15, -0.1) is 0 Å². The van der Waals surface area contributed by atoms with Gasteiger partial charge in [-0.25, -0.2) is 0 Å². The molecule has 0 aliphatic carbocycles. The zero-order valence-electron chi connectivity index (χ0n) is 16.5. The second-order valence-corrected chi connectivity index (χ2v) is 8.61. The molecule has 1 fully saturated rings. The van der Waals surface area contributed by atoms with Crippen molar-refractivity contribution < 1.29 is 4.74 Å². The zero-order chi connectivity index (χ0) is 19.1. The number of pyridine rings is 1. The number of hydrogen-bond acceptors (Lipinski definition) is 3. The first kappa shape index (κ1) is 20.3. The van der Waals surface area contributed by atoms with Crippen molar-refractivity contribution in [3.8, 4) is 0 Å². The highest BCUT2D eigenvalue weighted by molar-refractivity contribution is 6.31. The van der Waals surface area contributed by atoms with Gasteiger partial charge >= 0.3 is 0 Å². The quantitative estimate of drug-likeness (QED) is 0.627. The van der Waals surface area contributed by atoms with E-state index in [0.29, 0.717) is 11.8 Å². The standard InChI is InChI=1S/C23H31ClN2O/c1-23(2)16-20(11-14-27-23)18(15-19-7-3-4-9-22(19)24)10-13-25-17-21-8-5-6-12-26-21/h3-9,12,18,20,25H,10-11,13-17H2,1-2H3/t18-,20-/m0/s1. The van der Waals surface area contributed by atoms with E-state index in [-0.39, 0.29) is 5.60 Å². The van der Waals surface area contributed by atoms with Crippen LogP contribution in [0.15, 0.2) is 48.7 Å². The molecule has 2 atom stereocenters. The highest BCUT2D eigenvalue weighted by Gasteiger charge is 2.33. The van der Waals surface area contributed by atoms with Crippen LogP contribution in [0.4, 0.5) is 0 Å². The van der Waals surface area contributed by atoms with Crippen LogP contribution in [-0.4, -0.2) is 23.7 Å². The molecule has 1 aromatic heterocycles. The molecule has 0 bridgehead atoms. The smallest absolute Gasteiger partial charge is 0.0629 e. The molecular formula is C23H31ClN2O. The Morgan fingerprint density at radius 1 is 1.22 bits per heavy atom. The summed E-state index contributed by atoms with van der Waals surface area (Å²) in [6.45, 7) is 7.09. The molecule has 0 amide bonds. The number of rotatable bonds is 8. The normalized spacial score (nSPS) is 20.3. The van der Waals surface area contributed by atoms with Crippen LogP contribution in [0.2, 0.25) is 5.02 Å². The predicted molar refractivity (Wildman–Crippen MR) is 112 cm³/mol. The summed E-state index contributed by atoms with van der Waals surface area (Å²) in [7, 11) is 0. The lowest BCUT2D eigenvalue weighted by molar-refractivity contribution is -0.0830. The average Bonchev–Trinajstić information content (AvgIpc) is 2.66. The van der Waals surface area contributed by atoms with Crippen molar-refractivity contribution in [2.75, 3.05) is 13.2 Å². The van der Waals surface area contributed by atoms with Crippen LogP contribution < -0.4 is 5.32 Å². The van der Waals surface area contributed by atoms with Crippen LogP contribution in [-0.2, 0) is 17.7 Å². The van der Waals surface area contributed by atoms with E-state index in [1.54, 1.807) is 0 Å². The zero-order valence-corrected chi connectivity index (χ0v) is 17.2. The van der Waals surface area contributed by atoms with Gasteiger partial charge in [0.2, 0.25) is 0 Å². The lowest BCUT2D eigenvalue weighted by Gasteiger charge is -2.39. The number of halogens is 1. The maximum atomic E-state index is 6.46. The lowest BCUT2D eigenvalue weighted by atomic mass is 9.75. The fourth-order valence-corrected chi connectivity index (χ4v) is 4.35. The Labute approximate surface area is 168 Å². The average molecular weight is 387 g/mol. The number of aromatic nitrogens is 1. The third-order valence-corrected chi connectivity index (χ3v) is 5.93. The Hall–Kier alpha value is -1.42. The Balaban J connectivity index is 1.61.